The van der Waals surface area contributed by atoms with Gasteiger partial charge in [-0.1, -0.05) is 20.8 Å². The average molecular weight is 244 g/mol. The summed E-state index contributed by atoms with van der Waals surface area (Å²) in [7, 11) is 0. The lowest BCUT2D eigenvalue weighted by Gasteiger charge is -2.17. The van der Waals surface area contributed by atoms with E-state index in [1.54, 1.807) is 0 Å². The molecule has 1 amide bonds. The molecule has 100 valence electrons. The second kappa shape index (κ2) is 8.06. The molecule has 2 unspecified atom stereocenters. The molecular weight excluding hydrogens is 220 g/mol. The van der Waals surface area contributed by atoms with E-state index in [0.717, 1.165) is 6.42 Å². The van der Waals surface area contributed by atoms with Crippen LogP contribution in [0.5, 0.6) is 0 Å². The van der Waals surface area contributed by atoms with E-state index < -0.39 is 11.9 Å². The third-order valence-corrected chi connectivity index (χ3v) is 2.91. The van der Waals surface area contributed by atoms with Gasteiger partial charge in [0.1, 0.15) is 0 Å². The van der Waals surface area contributed by atoms with E-state index in [4.69, 9.17) is 10.8 Å². The van der Waals surface area contributed by atoms with Crippen LogP contribution in [0.15, 0.2) is 0 Å². The Morgan fingerprint density at radius 3 is 2.29 bits per heavy atom. The lowest BCUT2D eigenvalue weighted by Crippen LogP contribution is -2.35. The largest absolute Gasteiger partial charge is 0.481 e. The molecule has 0 aromatic heterocycles. The van der Waals surface area contributed by atoms with Crippen LogP contribution in [0.4, 0.5) is 0 Å². The molecule has 0 heterocycles. The van der Waals surface area contributed by atoms with Gasteiger partial charge >= 0.3 is 5.97 Å². The Labute approximate surface area is 103 Å². The minimum atomic E-state index is -0.865. The lowest BCUT2D eigenvalue weighted by molar-refractivity contribution is -0.143. The number of nitrogens with two attached hydrogens (primary N) is 1. The van der Waals surface area contributed by atoms with Crippen LogP contribution in [-0.2, 0) is 9.59 Å². The van der Waals surface area contributed by atoms with Crippen LogP contribution in [0.3, 0.4) is 0 Å². The summed E-state index contributed by atoms with van der Waals surface area (Å²) in [5.74, 6) is -1.16. The van der Waals surface area contributed by atoms with Crippen LogP contribution >= 0.6 is 0 Å². The van der Waals surface area contributed by atoms with Crippen molar-refractivity contribution < 1.29 is 14.7 Å². The Bertz CT molecular complexity index is 254. The van der Waals surface area contributed by atoms with Gasteiger partial charge in [0, 0.05) is 13.0 Å². The smallest absolute Gasteiger partial charge is 0.308 e. The second-order valence-electron chi connectivity index (χ2n) is 4.87. The number of carboxylic acid groups (broad SMARTS) is 1. The first-order valence-corrected chi connectivity index (χ1v) is 6.08. The van der Waals surface area contributed by atoms with Crippen LogP contribution in [0, 0.1) is 17.8 Å². The molecule has 17 heavy (non-hydrogen) atoms. The molecule has 4 N–H and O–H groups in total. The maximum absolute atomic E-state index is 11.5. The van der Waals surface area contributed by atoms with Gasteiger partial charge in [-0.15, -0.1) is 0 Å². The first-order valence-electron chi connectivity index (χ1n) is 6.08. The van der Waals surface area contributed by atoms with Crippen molar-refractivity contribution in [3.8, 4) is 0 Å². The Balaban J connectivity index is 3.93. The standard InChI is InChI=1S/C12H24N2O3/c1-8(2)10(12(16)17)7-14-11(15)5-4-9(3)6-13/h8-10H,4-7,13H2,1-3H3,(H,14,15)(H,16,17). The predicted octanol–water partition coefficient (Wildman–Crippen LogP) is 0.834. The van der Waals surface area contributed by atoms with Gasteiger partial charge in [-0.2, -0.15) is 0 Å². The summed E-state index contributed by atoms with van der Waals surface area (Å²) in [6, 6.07) is 0. The lowest BCUT2D eigenvalue weighted by atomic mass is 9.96. The summed E-state index contributed by atoms with van der Waals surface area (Å²) < 4.78 is 0. The van der Waals surface area contributed by atoms with E-state index in [2.05, 4.69) is 5.32 Å². The van der Waals surface area contributed by atoms with Crippen LogP contribution in [-0.4, -0.2) is 30.1 Å². The number of carboxylic acids is 1. The maximum atomic E-state index is 11.5. The molecule has 5 nitrogen and oxygen atoms in total. The number of carbonyl (C=O) groups excluding carboxylic acids is 1. The van der Waals surface area contributed by atoms with Crippen LogP contribution in [0.2, 0.25) is 0 Å². The van der Waals surface area contributed by atoms with Crippen molar-refractivity contribution in [2.24, 2.45) is 23.5 Å². The molecule has 0 fully saturated rings. The van der Waals surface area contributed by atoms with Gasteiger partial charge in [0.15, 0.2) is 0 Å². The Kier molecular flexibility index (Phi) is 7.54. The molecule has 0 aliphatic rings. The quantitative estimate of drug-likeness (QED) is 0.589. The summed E-state index contributed by atoms with van der Waals surface area (Å²) in [4.78, 5) is 22.4. The van der Waals surface area contributed by atoms with Crippen LogP contribution < -0.4 is 11.1 Å². The number of hydrogen-bond donors (Lipinski definition) is 3. The average Bonchev–Trinajstić information content (AvgIpc) is 2.25. The molecule has 0 radical (unpaired) electrons. The van der Waals surface area contributed by atoms with E-state index in [9.17, 15) is 9.59 Å². The van der Waals surface area contributed by atoms with Crippen molar-refractivity contribution in [3.05, 3.63) is 0 Å². The zero-order chi connectivity index (χ0) is 13.4. The van der Waals surface area contributed by atoms with E-state index in [1.807, 2.05) is 20.8 Å². The topological polar surface area (TPSA) is 92.4 Å². The van der Waals surface area contributed by atoms with Gasteiger partial charge in [0.25, 0.3) is 0 Å². The van der Waals surface area contributed by atoms with E-state index >= 15 is 0 Å². The number of carbonyl (C=O) groups is 2. The number of rotatable bonds is 8. The summed E-state index contributed by atoms with van der Waals surface area (Å²) in [5.41, 5.74) is 5.45. The van der Waals surface area contributed by atoms with Gasteiger partial charge in [0.2, 0.25) is 5.91 Å². The van der Waals surface area contributed by atoms with Crippen molar-refractivity contribution in [1.29, 1.82) is 0 Å². The number of hydrogen-bond acceptors (Lipinski definition) is 3. The minimum absolute atomic E-state index is 0.00997. The van der Waals surface area contributed by atoms with E-state index in [1.165, 1.54) is 0 Å². The molecule has 0 aliphatic carbocycles. The van der Waals surface area contributed by atoms with Crippen molar-refractivity contribution in [2.45, 2.75) is 33.6 Å². The molecule has 2 atom stereocenters. The molecule has 0 rings (SSSR count). The minimum Gasteiger partial charge on any atom is -0.481 e. The van der Waals surface area contributed by atoms with Crippen LogP contribution in [0.1, 0.15) is 33.6 Å². The Morgan fingerprint density at radius 1 is 1.29 bits per heavy atom. The molecule has 0 saturated carbocycles. The molecule has 5 heteroatoms. The summed E-state index contributed by atoms with van der Waals surface area (Å²) in [6.07, 6.45) is 1.14. The Hall–Kier alpha value is -1.10. The third kappa shape index (κ3) is 6.94. The molecule has 0 aliphatic heterocycles. The van der Waals surface area contributed by atoms with Crippen LogP contribution in [0.25, 0.3) is 0 Å². The normalized spacial score (nSPS) is 14.4. The third-order valence-electron chi connectivity index (χ3n) is 2.91. The van der Waals surface area contributed by atoms with Gasteiger partial charge < -0.3 is 16.2 Å². The SMILES string of the molecule is CC(CN)CCC(=O)NCC(C(=O)O)C(C)C. The first kappa shape index (κ1) is 15.9. The molecule has 0 spiro atoms. The monoisotopic (exact) mass is 244 g/mol. The highest BCUT2D eigenvalue weighted by Crippen LogP contribution is 2.10. The van der Waals surface area contributed by atoms with E-state index in [-0.39, 0.29) is 18.4 Å². The zero-order valence-electron chi connectivity index (χ0n) is 10.9. The Morgan fingerprint density at radius 2 is 1.88 bits per heavy atom. The summed E-state index contributed by atoms with van der Waals surface area (Å²) >= 11 is 0. The van der Waals surface area contributed by atoms with Gasteiger partial charge in [-0.3, -0.25) is 9.59 Å². The fourth-order valence-electron chi connectivity index (χ4n) is 1.42. The van der Waals surface area contributed by atoms with Crippen molar-refractivity contribution >= 4 is 11.9 Å². The molecule has 0 aromatic rings. The summed E-state index contributed by atoms with van der Waals surface area (Å²) in [6.45, 7) is 6.42. The number of nitrogens with one attached hydrogen (secondary N) is 1. The second-order valence-corrected chi connectivity index (χ2v) is 4.87. The van der Waals surface area contributed by atoms with Gasteiger partial charge in [0.05, 0.1) is 5.92 Å². The zero-order valence-corrected chi connectivity index (χ0v) is 10.9. The van der Waals surface area contributed by atoms with Crippen molar-refractivity contribution in [1.82, 2.24) is 5.32 Å². The molecule has 0 bridgehead atoms. The predicted molar refractivity (Wildman–Crippen MR) is 66.4 cm³/mol. The molecule has 0 saturated heterocycles. The highest BCUT2D eigenvalue weighted by Gasteiger charge is 2.21. The molecular formula is C12H24N2O3. The fraction of sp³-hybridized carbons (Fsp3) is 0.833. The highest BCUT2D eigenvalue weighted by molar-refractivity contribution is 5.77. The number of aliphatic carboxylic acids is 1. The molecule has 0 aromatic carbocycles. The van der Waals surface area contributed by atoms with E-state index in [0.29, 0.717) is 18.9 Å². The first-order chi connectivity index (χ1) is 7.88. The number of amides is 1. The van der Waals surface area contributed by atoms with Gasteiger partial charge in [-0.05, 0) is 24.8 Å². The fourth-order valence-corrected chi connectivity index (χ4v) is 1.42. The maximum Gasteiger partial charge on any atom is 0.308 e. The van der Waals surface area contributed by atoms with Gasteiger partial charge in [-0.25, -0.2) is 0 Å². The van der Waals surface area contributed by atoms with Crippen molar-refractivity contribution in [3.63, 3.8) is 0 Å². The van der Waals surface area contributed by atoms with Crippen molar-refractivity contribution in [2.75, 3.05) is 13.1 Å². The highest BCUT2D eigenvalue weighted by atomic mass is 16.4. The summed E-state index contributed by atoms with van der Waals surface area (Å²) in [5, 5.41) is 11.6.